The highest BCUT2D eigenvalue weighted by Crippen LogP contribution is 2.28. The minimum atomic E-state index is -0.174. The summed E-state index contributed by atoms with van der Waals surface area (Å²) in [6, 6.07) is 15.3. The second-order valence-corrected chi connectivity index (χ2v) is 8.61. The van der Waals surface area contributed by atoms with Crippen molar-refractivity contribution >= 4 is 28.6 Å². The number of carbonyl (C=O) groups is 1. The molecule has 0 aliphatic carbocycles. The molecule has 1 fully saturated rings. The van der Waals surface area contributed by atoms with Crippen molar-refractivity contribution in [3.8, 4) is 11.6 Å². The zero-order valence-corrected chi connectivity index (χ0v) is 20.1. The van der Waals surface area contributed by atoms with E-state index < -0.39 is 0 Å². The van der Waals surface area contributed by atoms with Crippen LogP contribution < -0.4 is 20.7 Å². The van der Waals surface area contributed by atoms with Gasteiger partial charge in [-0.15, -0.1) is 0 Å². The molecule has 9 nitrogen and oxygen atoms in total. The number of aromatic nitrogens is 3. The number of nitrogens with zero attached hydrogens (tertiary/aromatic N) is 4. The van der Waals surface area contributed by atoms with Crippen molar-refractivity contribution in [2.45, 2.75) is 6.92 Å². The number of anilines is 3. The number of nitrogens with one attached hydrogen (secondary N) is 3. The summed E-state index contributed by atoms with van der Waals surface area (Å²) in [4.78, 5) is 23.5. The number of amides is 1. The Hall–Kier alpha value is -4.21. The fourth-order valence-electron chi connectivity index (χ4n) is 4.05. The van der Waals surface area contributed by atoms with Gasteiger partial charge in [0, 0.05) is 56.2 Å². The summed E-state index contributed by atoms with van der Waals surface area (Å²) >= 11 is 0. The lowest BCUT2D eigenvalue weighted by Crippen LogP contribution is -2.43. The van der Waals surface area contributed by atoms with Crippen LogP contribution >= 0.6 is 0 Å². The first-order chi connectivity index (χ1) is 17.7. The quantitative estimate of drug-likeness (QED) is 0.326. The third-order valence-corrected chi connectivity index (χ3v) is 5.99. The number of benzene rings is 2. The number of hydrogen-bond donors (Lipinski definition) is 3. The topological polar surface area (TPSA) is 95.8 Å². The predicted octanol–water partition coefficient (Wildman–Crippen LogP) is 3.97. The van der Waals surface area contributed by atoms with Gasteiger partial charge in [0.05, 0.1) is 12.4 Å². The Labute approximate surface area is 209 Å². The van der Waals surface area contributed by atoms with Gasteiger partial charge in [-0.2, -0.15) is 0 Å². The van der Waals surface area contributed by atoms with Crippen LogP contribution in [0.4, 0.5) is 17.2 Å². The van der Waals surface area contributed by atoms with Crippen LogP contribution in [-0.4, -0.2) is 57.9 Å². The van der Waals surface area contributed by atoms with Gasteiger partial charge >= 0.3 is 0 Å². The number of para-hydroxylation sites is 1. The Morgan fingerprint density at radius 2 is 2.00 bits per heavy atom. The lowest BCUT2D eigenvalue weighted by atomic mass is 10.2. The molecule has 0 unspecified atom stereocenters. The Kier molecular flexibility index (Phi) is 7.20. The van der Waals surface area contributed by atoms with Crippen molar-refractivity contribution < 1.29 is 9.53 Å². The van der Waals surface area contributed by atoms with Gasteiger partial charge in [-0.1, -0.05) is 30.3 Å². The summed E-state index contributed by atoms with van der Waals surface area (Å²) in [5.74, 6) is 1.60. The molecule has 3 N–H and O–H groups in total. The molecule has 0 bridgehead atoms. The van der Waals surface area contributed by atoms with Crippen molar-refractivity contribution in [1.82, 2.24) is 24.6 Å². The van der Waals surface area contributed by atoms with Gasteiger partial charge in [0.15, 0.2) is 5.82 Å². The molecule has 0 spiro atoms. The fourth-order valence-corrected chi connectivity index (χ4v) is 4.05. The largest absolute Gasteiger partial charge is 0.439 e. The molecule has 1 aliphatic rings. The SMILES string of the molecule is Cc1ccccc1Nc1ncc(Oc2cccc(NC(=O)/C=C/CN3CCNCC3)c2)n2cncc12. The van der Waals surface area contributed by atoms with E-state index in [2.05, 4.69) is 30.8 Å². The van der Waals surface area contributed by atoms with Gasteiger partial charge in [0.1, 0.15) is 17.6 Å². The molecule has 2 aromatic heterocycles. The summed E-state index contributed by atoms with van der Waals surface area (Å²) < 4.78 is 7.94. The Bertz CT molecular complexity index is 1380. The standard InChI is InChI=1S/C27H29N7O2/c1-20-6-2-3-9-23(20)32-27-24-17-29-19-34(24)26(18-30-27)36-22-8-4-7-21(16-22)31-25(35)10-5-13-33-14-11-28-12-15-33/h2-10,16-19,28H,11-15H2,1H3,(H,30,32)(H,31,35)/b10-5+. The number of carbonyl (C=O) groups excluding carboxylic acids is 1. The lowest BCUT2D eigenvalue weighted by Gasteiger charge is -2.25. The van der Waals surface area contributed by atoms with E-state index in [4.69, 9.17) is 4.74 Å². The van der Waals surface area contributed by atoms with E-state index in [0.29, 0.717) is 23.1 Å². The second kappa shape index (κ2) is 11.0. The van der Waals surface area contributed by atoms with Gasteiger partial charge in [0.2, 0.25) is 11.8 Å². The van der Waals surface area contributed by atoms with Crippen LogP contribution in [0.15, 0.2) is 79.4 Å². The minimum absolute atomic E-state index is 0.174. The molecular formula is C27H29N7O2. The Morgan fingerprint density at radius 3 is 2.86 bits per heavy atom. The highest BCUT2D eigenvalue weighted by atomic mass is 16.5. The first-order valence-corrected chi connectivity index (χ1v) is 12.0. The van der Waals surface area contributed by atoms with Crippen LogP contribution in [0.2, 0.25) is 0 Å². The van der Waals surface area contributed by atoms with E-state index in [0.717, 1.165) is 49.5 Å². The van der Waals surface area contributed by atoms with E-state index in [9.17, 15) is 4.79 Å². The summed E-state index contributed by atoms with van der Waals surface area (Å²) in [6.45, 7) is 6.77. The summed E-state index contributed by atoms with van der Waals surface area (Å²) in [5.41, 5.74) is 3.54. The van der Waals surface area contributed by atoms with Crippen molar-refractivity contribution in [3.05, 3.63) is 85.0 Å². The summed E-state index contributed by atoms with van der Waals surface area (Å²) in [5, 5.41) is 9.59. The fraction of sp³-hybridized carbons (Fsp3) is 0.222. The van der Waals surface area contributed by atoms with E-state index in [1.807, 2.05) is 59.9 Å². The number of piperazine rings is 1. The van der Waals surface area contributed by atoms with Gasteiger partial charge in [-0.25, -0.2) is 9.97 Å². The summed E-state index contributed by atoms with van der Waals surface area (Å²) in [6.07, 6.45) is 8.55. The van der Waals surface area contributed by atoms with Crippen LogP contribution in [0, 0.1) is 6.92 Å². The van der Waals surface area contributed by atoms with Gasteiger partial charge < -0.3 is 20.7 Å². The highest BCUT2D eigenvalue weighted by molar-refractivity contribution is 5.99. The second-order valence-electron chi connectivity index (χ2n) is 8.61. The lowest BCUT2D eigenvalue weighted by molar-refractivity contribution is -0.111. The predicted molar refractivity (Wildman–Crippen MR) is 141 cm³/mol. The molecule has 1 amide bonds. The molecule has 184 valence electrons. The smallest absolute Gasteiger partial charge is 0.248 e. The molecule has 4 aromatic rings. The van der Waals surface area contributed by atoms with E-state index in [1.165, 1.54) is 0 Å². The van der Waals surface area contributed by atoms with Crippen molar-refractivity contribution in [1.29, 1.82) is 0 Å². The van der Waals surface area contributed by atoms with Crippen LogP contribution in [0.1, 0.15) is 5.56 Å². The Balaban J connectivity index is 1.25. The highest BCUT2D eigenvalue weighted by Gasteiger charge is 2.12. The molecule has 9 heteroatoms. The monoisotopic (exact) mass is 483 g/mol. The van der Waals surface area contributed by atoms with Crippen LogP contribution in [0.25, 0.3) is 5.52 Å². The number of aryl methyl sites for hydroxylation is 1. The van der Waals surface area contributed by atoms with E-state index in [-0.39, 0.29) is 5.91 Å². The molecule has 1 aliphatic heterocycles. The van der Waals surface area contributed by atoms with Gasteiger partial charge in [-0.3, -0.25) is 14.1 Å². The molecule has 5 rings (SSSR count). The molecule has 36 heavy (non-hydrogen) atoms. The van der Waals surface area contributed by atoms with Crippen molar-refractivity contribution in [3.63, 3.8) is 0 Å². The maximum absolute atomic E-state index is 12.4. The zero-order valence-electron chi connectivity index (χ0n) is 20.1. The van der Waals surface area contributed by atoms with Crippen molar-refractivity contribution in [2.24, 2.45) is 0 Å². The van der Waals surface area contributed by atoms with Crippen LogP contribution in [-0.2, 0) is 4.79 Å². The number of hydrogen-bond acceptors (Lipinski definition) is 7. The zero-order chi connectivity index (χ0) is 24.7. The average molecular weight is 484 g/mol. The van der Waals surface area contributed by atoms with Crippen LogP contribution in [0.3, 0.4) is 0 Å². The first kappa shape index (κ1) is 23.5. The van der Waals surface area contributed by atoms with Crippen LogP contribution in [0.5, 0.6) is 11.6 Å². The number of rotatable bonds is 8. The molecule has 0 radical (unpaired) electrons. The number of imidazole rings is 1. The molecule has 0 atom stereocenters. The van der Waals surface area contributed by atoms with E-state index >= 15 is 0 Å². The molecule has 1 saturated heterocycles. The average Bonchev–Trinajstić information content (AvgIpc) is 3.39. The molecule has 3 heterocycles. The van der Waals surface area contributed by atoms with Gasteiger partial charge in [0.25, 0.3) is 0 Å². The number of fused-ring (bicyclic) bond motifs is 1. The summed E-state index contributed by atoms with van der Waals surface area (Å²) in [7, 11) is 0. The van der Waals surface area contributed by atoms with Gasteiger partial charge in [-0.05, 0) is 30.7 Å². The number of ether oxygens (including phenoxy) is 1. The molecule has 2 aromatic carbocycles. The third-order valence-electron chi connectivity index (χ3n) is 5.99. The third kappa shape index (κ3) is 5.70. The Morgan fingerprint density at radius 1 is 1.14 bits per heavy atom. The molecule has 0 saturated carbocycles. The first-order valence-electron chi connectivity index (χ1n) is 12.0. The van der Waals surface area contributed by atoms with E-state index in [1.54, 1.807) is 30.9 Å². The molecular weight excluding hydrogens is 454 g/mol. The van der Waals surface area contributed by atoms with Crippen molar-refractivity contribution in [2.75, 3.05) is 43.4 Å². The normalized spacial score (nSPS) is 14.2. The maximum atomic E-state index is 12.4. The minimum Gasteiger partial charge on any atom is -0.439 e. The maximum Gasteiger partial charge on any atom is 0.248 e.